The van der Waals surface area contributed by atoms with Gasteiger partial charge in [-0.25, -0.2) is 0 Å². The molecule has 1 fully saturated rings. The summed E-state index contributed by atoms with van der Waals surface area (Å²) in [7, 11) is 0. The van der Waals surface area contributed by atoms with Crippen molar-refractivity contribution in [2.45, 2.75) is 38.1 Å². The molecule has 1 saturated carbocycles. The fourth-order valence-corrected chi connectivity index (χ4v) is 3.75. The van der Waals surface area contributed by atoms with E-state index < -0.39 is 0 Å². The van der Waals surface area contributed by atoms with Crippen molar-refractivity contribution in [1.29, 1.82) is 0 Å². The summed E-state index contributed by atoms with van der Waals surface area (Å²) in [6.07, 6.45) is 6.76. The maximum Gasteiger partial charge on any atom is 0.0701 e. The average Bonchev–Trinajstić information content (AvgIpc) is 2.65. The Morgan fingerprint density at radius 1 is 1.29 bits per heavy atom. The SMILES string of the molecule is NC(c1ccc(Br)s1)C1CCCCC1. The molecule has 0 saturated heterocycles. The van der Waals surface area contributed by atoms with E-state index in [2.05, 4.69) is 28.1 Å². The minimum Gasteiger partial charge on any atom is -0.323 e. The molecule has 2 rings (SSSR count). The Labute approximate surface area is 97.8 Å². The van der Waals surface area contributed by atoms with E-state index in [0.717, 1.165) is 0 Å². The summed E-state index contributed by atoms with van der Waals surface area (Å²) < 4.78 is 1.19. The van der Waals surface area contributed by atoms with Crippen LogP contribution in [-0.4, -0.2) is 0 Å². The van der Waals surface area contributed by atoms with Crippen molar-refractivity contribution in [1.82, 2.24) is 0 Å². The molecule has 78 valence electrons. The normalized spacial score (nSPS) is 21.0. The van der Waals surface area contributed by atoms with Gasteiger partial charge in [0.15, 0.2) is 0 Å². The number of hydrogen-bond donors (Lipinski definition) is 1. The summed E-state index contributed by atoms with van der Waals surface area (Å²) in [6.45, 7) is 0. The molecule has 1 nitrogen and oxygen atoms in total. The predicted octanol–water partition coefficient (Wildman–Crippen LogP) is 4.09. The number of rotatable bonds is 2. The summed E-state index contributed by atoms with van der Waals surface area (Å²) >= 11 is 5.27. The van der Waals surface area contributed by atoms with Crippen LogP contribution in [0.4, 0.5) is 0 Å². The quantitative estimate of drug-likeness (QED) is 0.863. The van der Waals surface area contributed by atoms with Crippen molar-refractivity contribution in [3.63, 3.8) is 0 Å². The molecule has 2 N–H and O–H groups in total. The molecule has 1 heterocycles. The highest BCUT2D eigenvalue weighted by molar-refractivity contribution is 9.11. The van der Waals surface area contributed by atoms with Crippen molar-refractivity contribution in [2.75, 3.05) is 0 Å². The van der Waals surface area contributed by atoms with Gasteiger partial charge in [-0.1, -0.05) is 19.3 Å². The Kier molecular flexibility index (Phi) is 3.63. The first-order valence-electron chi connectivity index (χ1n) is 5.28. The summed E-state index contributed by atoms with van der Waals surface area (Å²) in [5.41, 5.74) is 6.27. The van der Waals surface area contributed by atoms with E-state index in [-0.39, 0.29) is 6.04 Å². The Morgan fingerprint density at radius 3 is 2.57 bits per heavy atom. The summed E-state index contributed by atoms with van der Waals surface area (Å²) in [4.78, 5) is 1.34. The van der Waals surface area contributed by atoms with E-state index in [1.54, 1.807) is 11.3 Å². The Morgan fingerprint density at radius 2 is 2.00 bits per heavy atom. The lowest BCUT2D eigenvalue weighted by molar-refractivity contribution is 0.311. The third kappa shape index (κ3) is 2.38. The van der Waals surface area contributed by atoms with Crippen LogP contribution >= 0.6 is 27.3 Å². The van der Waals surface area contributed by atoms with Crippen molar-refractivity contribution < 1.29 is 0 Å². The van der Waals surface area contributed by atoms with Gasteiger partial charge < -0.3 is 5.73 Å². The van der Waals surface area contributed by atoms with Crippen LogP contribution < -0.4 is 5.73 Å². The molecular weight excluding hydrogens is 258 g/mol. The molecule has 1 aromatic heterocycles. The number of nitrogens with two attached hydrogens (primary N) is 1. The van der Waals surface area contributed by atoms with E-state index >= 15 is 0 Å². The average molecular weight is 274 g/mol. The van der Waals surface area contributed by atoms with E-state index in [1.807, 2.05) is 0 Å². The fraction of sp³-hybridized carbons (Fsp3) is 0.636. The molecule has 0 spiro atoms. The van der Waals surface area contributed by atoms with Gasteiger partial charge in [0.25, 0.3) is 0 Å². The van der Waals surface area contributed by atoms with Gasteiger partial charge in [0.05, 0.1) is 3.79 Å². The second-order valence-corrected chi connectivity index (χ2v) is 6.56. The van der Waals surface area contributed by atoms with Crippen molar-refractivity contribution >= 4 is 27.3 Å². The lowest BCUT2D eigenvalue weighted by atomic mass is 9.84. The van der Waals surface area contributed by atoms with Crippen LogP contribution in [0.5, 0.6) is 0 Å². The van der Waals surface area contributed by atoms with E-state index in [9.17, 15) is 0 Å². The van der Waals surface area contributed by atoms with E-state index in [4.69, 9.17) is 5.73 Å². The van der Waals surface area contributed by atoms with Gasteiger partial charge in [-0.15, -0.1) is 11.3 Å². The number of halogens is 1. The minimum absolute atomic E-state index is 0.270. The van der Waals surface area contributed by atoms with Crippen LogP contribution in [0.1, 0.15) is 43.0 Å². The third-order valence-electron chi connectivity index (χ3n) is 3.08. The molecule has 1 unspecified atom stereocenters. The molecule has 0 bridgehead atoms. The van der Waals surface area contributed by atoms with E-state index in [0.29, 0.717) is 5.92 Å². The highest BCUT2D eigenvalue weighted by atomic mass is 79.9. The Balaban J connectivity index is 2.03. The standard InChI is InChI=1S/C11H16BrNS/c12-10-7-6-9(14-10)11(13)8-4-2-1-3-5-8/h6-8,11H,1-5,13H2. The molecule has 0 amide bonds. The highest BCUT2D eigenvalue weighted by Crippen LogP contribution is 2.36. The van der Waals surface area contributed by atoms with Gasteiger partial charge in [-0.05, 0) is 46.8 Å². The minimum atomic E-state index is 0.270. The second-order valence-electron chi connectivity index (χ2n) is 4.07. The lowest BCUT2D eigenvalue weighted by Gasteiger charge is -2.26. The van der Waals surface area contributed by atoms with Gasteiger partial charge in [0.1, 0.15) is 0 Å². The van der Waals surface area contributed by atoms with Gasteiger partial charge >= 0.3 is 0 Å². The van der Waals surface area contributed by atoms with Gasteiger partial charge in [-0.3, -0.25) is 0 Å². The maximum atomic E-state index is 6.27. The molecular formula is C11H16BrNS. The molecule has 1 aromatic rings. The molecule has 0 aromatic carbocycles. The van der Waals surface area contributed by atoms with Crippen LogP contribution in [0.3, 0.4) is 0 Å². The highest BCUT2D eigenvalue weighted by Gasteiger charge is 2.22. The first-order chi connectivity index (χ1) is 6.77. The zero-order valence-corrected chi connectivity index (χ0v) is 10.6. The Hall–Kier alpha value is 0.140. The molecule has 1 aliphatic carbocycles. The zero-order valence-electron chi connectivity index (χ0n) is 8.21. The second kappa shape index (κ2) is 4.77. The molecule has 1 atom stereocenters. The van der Waals surface area contributed by atoms with Gasteiger partial charge in [0, 0.05) is 10.9 Å². The van der Waals surface area contributed by atoms with Crippen molar-refractivity contribution in [3.8, 4) is 0 Å². The lowest BCUT2D eigenvalue weighted by Crippen LogP contribution is -2.22. The predicted molar refractivity (Wildman–Crippen MR) is 65.5 cm³/mol. The molecule has 14 heavy (non-hydrogen) atoms. The molecule has 0 radical (unpaired) electrons. The summed E-state index contributed by atoms with van der Waals surface area (Å²) in [5.74, 6) is 0.717. The maximum absolute atomic E-state index is 6.27. The molecule has 1 aliphatic rings. The number of hydrogen-bond acceptors (Lipinski definition) is 2. The Bertz CT molecular complexity index is 291. The van der Waals surface area contributed by atoms with Crippen molar-refractivity contribution in [3.05, 3.63) is 20.8 Å². The van der Waals surface area contributed by atoms with Crippen LogP contribution in [0.2, 0.25) is 0 Å². The molecule has 3 heteroatoms. The molecule has 0 aliphatic heterocycles. The fourth-order valence-electron chi connectivity index (χ4n) is 2.23. The monoisotopic (exact) mass is 273 g/mol. The zero-order chi connectivity index (χ0) is 9.97. The van der Waals surface area contributed by atoms with Gasteiger partial charge in [-0.2, -0.15) is 0 Å². The van der Waals surface area contributed by atoms with Crippen LogP contribution in [-0.2, 0) is 0 Å². The summed E-state index contributed by atoms with van der Waals surface area (Å²) in [6, 6.07) is 4.53. The summed E-state index contributed by atoms with van der Waals surface area (Å²) in [5, 5.41) is 0. The topological polar surface area (TPSA) is 26.0 Å². The van der Waals surface area contributed by atoms with Crippen LogP contribution in [0, 0.1) is 5.92 Å². The van der Waals surface area contributed by atoms with E-state index in [1.165, 1.54) is 40.8 Å². The third-order valence-corrected chi connectivity index (χ3v) is 4.81. The van der Waals surface area contributed by atoms with Crippen molar-refractivity contribution in [2.24, 2.45) is 11.7 Å². The number of thiophene rings is 1. The van der Waals surface area contributed by atoms with Crippen LogP contribution in [0.15, 0.2) is 15.9 Å². The largest absolute Gasteiger partial charge is 0.323 e. The first kappa shape index (κ1) is 10.7. The first-order valence-corrected chi connectivity index (χ1v) is 6.89. The van der Waals surface area contributed by atoms with Gasteiger partial charge in [0.2, 0.25) is 0 Å². The van der Waals surface area contributed by atoms with Crippen LogP contribution in [0.25, 0.3) is 0 Å². The smallest absolute Gasteiger partial charge is 0.0701 e.